The van der Waals surface area contributed by atoms with Gasteiger partial charge in [-0.2, -0.15) is 0 Å². The smallest absolute Gasteiger partial charge is 0.258 e. The number of hydrogen-bond donors (Lipinski definition) is 2. The molecule has 1 aliphatic rings. The summed E-state index contributed by atoms with van der Waals surface area (Å²) in [6.07, 6.45) is 1.72. The average Bonchev–Trinajstić information content (AvgIpc) is 3.17. The van der Waals surface area contributed by atoms with Crippen molar-refractivity contribution >= 4 is 35.9 Å². The normalized spacial score (nSPS) is 16.9. The minimum absolute atomic E-state index is 0.0447. The first-order valence-corrected chi connectivity index (χ1v) is 13.6. The van der Waals surface area contributed by atoms with Crippen LogP contribution < -0.4 is 15.5 Å². The van der Waals surface area contributed by atoms with Crippen LogP contribution >= 0.6 is 12.6 Å². The largest absolute Gasteiger partial charge is 0.365 e. The number of carbonyl (C=O) groups excluding carboxylic acids is 2. The summed E-state index contributed by atoms with van der Waals surface area (Å²) in [4.78, 5) is 35.7. The van der Waals surface area contributed by atoms with Gasteiger partial charge in [0.1, 0.15) is 5.82 Å². The highest BCUT2D eigenvalue weighted by Crippen LogP contribution is 2.40. The summed E-state index contributed by atoms with van der Waals surface area (Å²) >= 11 is 4.42. The Morgan fingerprint density at radius 2 is 1.79 bits per heavy atom. The van der Waals surface area contributed by atoms with Gasteiger partial charge in [-0.15, -0.1) is 12.6 Å². The topological polar surface area (TPSA) is 79.5 Å². The second-order valence-electron chi connectivity index (χ2n) is 11.8. The van der Waals surface area contributed by atoms with Crippen molar-refractivity contribution in [3.63, 3.8) is 0 Å². The molecular formula is C31H38N4O2S. The van der Waals surface area contributed by atoms with Crippen molar-refractivity contribution in [1.29, 1.82) is 0 Å². The van der Waals surface area contributed by atoms with E-state index in [1.54, 1.807) is 12.1 Å². The Morgan fingerprint density at radius 1 is 1.08 bits per heavy atom. The van der Waals surface area contributed by atoms with Gasteiger partial charge in [0.15, 0.2) is 0 Å². The zero-order valence-corrected chi connectivity index (χ0v) is 23.8. The van der Waals surface area contributed by atoms with Gasteiger partial charge in [-0.05, 0) is 75.1 Å². The summed E-state index contributed by atoms with van der Waals surface area (Å²) < 4.78 is 0. The molecule has 1 saturated heterocycles. The fourth-order valence-corrected chi connectivity index (χ4v) is 5.50. The minimum Gasteiger partial charge on any atom is -0.365 e. The van der Waals surface area contributed by atoms with Crippen LogP contribution in [0, 0.1) is 5.92 Å². The van der Waals surface area contributed by atoms with Gasteiger partial charge in [-0.1, -0.05) is 45.0 Å². The summed E-state index contributed by atoms with van der Waals surface area (Å²) in [7, 11) is 0. The van der Waals surface area contributed by atoms with E-state index in [1.165, 1.54) is 0 Å². The van der Waals surface area contributed by atoms with E-state index in [2.05, 4.69) is 52.1 Å². The van der Waals surface area contributed by atoms with Crippen molar-refractivity contribution in [2.75, 3.05) is 22.9 Å². The average molecular weight is 531 g/mol. The Labute approximate surface area is 231 Å². The zero-order valence-electron chi connectivity index (χ0n) is 22.9. The van der Waals surface area contributed by atoms with Crippen LogP contribution in [0.3, 0.4) is 0 Å². The number of anilines is 2. The monoisotopic (exact) mass is 530 g/mol. The molecule has 1 aromatic heterocycles. The van der Waals surface area contributed by atoms with E-state index in [9.17, 15) is 9.59 Å². The number of aromatic nitrogens is 1. The molecule has 0 bridgehead atoms. The Hall–Kier alpha value is -3.32. The number of hydrogen-bond acceptors (Lipinski definition) is 5. The maximum Gasteiger partial charge on any atom is 0.258 e. The molecule has 2 aromatic carbocycles. The van der Waals surface area contributed by atoms with Crippen molar-refractivity contribution in [3.05, 3.63) is 83.6 Å². The van der Waals surface area contributed by atoms with Crippen molar-refractivity contribution in [1.82, 2.24) is 4.98 Å². The second kappa shape index (κ2) is 10.8. The number of nitrogens with two attached hydrogens (primary N) is 1. The molecule has 4 rings (SSSR count). The van der Waals surface area contributed by atoms with Crippen LogP contribution in [0.5, 0.6) is 0 Å². The van der Waals surface area contributed by atoms with Gasteiger partial charge in [-0.3, -0.25) is 9.59 Å². The summed E-state index contributed by atoms with van der Waals surface area (Å²) in [5, 5.41) is 0. The third kappa shape index (κ3) is 6.04. The summed E-state index contributed by atoms with van der Waals surface area (Å²) in [5.41, 5.74) is 8.24. The molecule has 1 aliphatic heterocycles. The fourth-order valence-electron chi connectivity index (χ4n) is 5.28. The molecule has 2 amide bonds. The van der Waals surface area contributed by atoms with Crippen LogP contribution in [0.2, 0.25) is 0 Å². The maximum atomic E-state index is 13.6. The highest BCUT2D eigenvalue weighted by molar-refractivity contribution is 7.80. The Morgan fingerprint density at radius 3 is 2.42 bits per heavy atom. The standard InChI is InChI=1S/C31H38N4O2S/c1-30(2,3)26-15-14-25(27(32)36)28(33-26)35-20-21(19-31(35,4)5)16-17-34(23-11-7-6-8-12-23)29(37)22-10-9-13-24(38)18-22/h6-15,18,21,38H,16-17,19-20H2,1-5H3,(H2,32,36). The number of benzene rings is 2. The van der Waals surface area contributed by atoms with Gasteiger partial charge in [0.05, 0.1) is 5.56 Å². The first-order valence-electron chi connectivity index (χ1n) is 13.1. The molecular weight excluding hydrogens is 492 g/mol. The molecule has 0 saturated carbocycles. The lowest BCUT2D eigenvalue weighted by Crippen LogP contribution is -2.40. The van der Waals surface area contributed by atoms with Crippen LogP contribution in [0.4, 0.5) is 11.5 Å². The minimum atomic E-state index is -0.473. The molecule has 6 nitrogen and oxygen atoms in total. The quantitative estimate of drug-likeness (QED) is 0.361. The van der Waals surface area contributed by atoms with Gasteiger partial charge < -0.3 is 15.5 Å². The number of rotatable bonds is 7. The molecule has 0 radical (unpaired) electrons. The fraction of sp³-hybridized carbons (Fsp3) is 0.387. The highest BCUT2D eigenvalue weighted by atomic mass is 32.1. The van der Waals surface area contributed by atoms with Crippen LogP contribution in [0.25, 0.3) is 0 Å². The number of nitrogens with zero attached hydrogens (tertiary/aromatic N) is 3. The van der Waals surface area contributed by atoms with E-state index in [-0.39, 0.29) is 16.9 Å². The van der Waals surface area contributed by atoms with Crippen molar-refractivity contribution in [2.45, 2.75) is 63.3 Å². The third-order valence-electron chi connectivity index (χ3n) is 7.29. The summed E-state index contributed by atoms with van der Waals surface area (Å²) in [6.45, 7) is 12.0. The van der Waals surface area contributed by atoms with Crippen LogP contribution in [0.1, 0.15) is 73.9 Å². The molecule has 2 N–H and O–H groups in total. The van der Waals surface area contributed by atoms with Crippen molar-refractivity contribution in [2.24, 2.45) is 11.7 Å². The van der Waals surface area contributed by atoms with Gasteiger partial charge in [0, 0.05) is 45.9 Å². The Bertz CT molecular complexity index is 1320. The lowest BCUT2D eigenvalue weighted by atomic mass is 9.91. The second-order valence-corrected chi connectivity index (χ2v) is 12.3. The number of primary amides is 1. The summed E-state index contributed by atoms with van der Waals surface area (Å²) in [6, 6.07) is 20.8. The molecule has 1 fully saturated rings. The van der Waals surface area contributed by atoms with E-state index in [0.29, 0.717) is 29.4 Å². The predicted molar refractivity (Wildman–Crippen MR) is 157 cm³/mol. The van der Waals surface area contributed by atoms with E-state index in [0.717, 1.165) is 35.7 Å². The molecule has 3 aromatic rings. The third-order valence-corrected chi connectivity index (χ3v) is 7.57. The van der Waals surface area contributed by atoms with Crippen molar-refractivity contribution in [3.8, 4) is 0 Å². The molecule has 1 atom stereocenters. The SMILES string of the molecule is CC(C)(C)c1ccc(C(N)=O)c(N2CC(CCN(C(=O)c3cccc(S)c3)c3ccccc3)CC2(C)C)n1. The number of carbonyl (C=O) groups is 2. The molecule has 200 valence electrons. The van der Waals surface area contributed by atoms with E-state index in [4.69, 9.17) is 10.7 Å². The van der Waals surface area contributed by atoms with Crippen LogP contribution in [-0.4, -0.2) is 35.4 Å². The zero-order chi connectivity index (χ0) is 27.7. The van der Waals surface area contributed by atoms with Gasteiger partial charge in [0.25, 0.3) is 11.8 Å². The van der Waals surface area contributed by atoms with E-state index < -0.39 is 5.91 Å². The molecule has 7 heteroatoms. The molecule has 1 unspecified atom stereocenters. The van der Waals surface area contributed by atoms with E-state index >= 15 is 0 Å². The Balaban J connectivity index is 1.59. The van der Waals surface area contributed by atoms with E-state index in [1.807, 2.05) is 59.5 Å². The molecule has 0 spiro atoms. The van der Waals surface area contributed by atoms with Crippen LogP contribution in [-0.2, 0) is 5.41 Å². The van der Waals surface area contributed by atoms with Crippen LogP contribution in [0.15, 0.2) is 71.6 Å². The predicted octanol–water partition coefficient (Wildman–Crippen LogP) is 6.11. The maximum absolute atomic E-state index is 13.6. The van der Waals surface area contributed by atoms with Gasteiger partial charge >= 0.3 is 0 Å². The van der Waals surface area contributed by atoms with Gasteiger partial charge in [-0.25, -0.2) is 4.98 Å². The molecule has 2 heterocycles. The molecule has 38 heavy (non-hydrogen) atoms. The molecule has 0 aliphatic carbocycles. The van der Waals surface area contributed by atoms with Gasteiger partial charge in [0.2, 0.25) is 0 Å². The van der Waals surface area contributed by atoms with Crippen molar-refractivity contribution < 1.29 is 9.59 Å². The lowest BCUT2D eigenvalue weighted by molar-refractivity contribution is 0.0981. The highest BCUT2D eigenvalue weighted by Gasteiger charge is 2.41. The number of para-hydroxylation sites is 1. The lowest BCUT2D eigenvalue weighted by Gasteiger charge is -2.34. The first-order chi connectivity index (χ1) is 17.9. The number of pyridine rings is 1. The number of amides is 2. The summed E-state index contributed by atoms with van der Waals surface area (Å²) in [5.74, 6) is 0.441. The Kier molecular flexibility index (Phi) is 7.88. The number of thiol groups is 1. The first kappa shape index (κ1) is 27.7.